The summed E-state index contributed by atoms with van der Waals surface area (Å²) in [6.45, 7) is 1.85. The monoisotopic (exact) mass is 424 g/mol. The van der Waals surface area contributed by atoms with Crippen molar-refractivity contribution < 1.29 is 9.59 Å². The quantitative estimate of drug-likeness (QED) is 0.382. The number of pyridine rings is 2. The Bertz CT molecular complexity index is 1480. The largest absolute Gasteiger partial charge is 0.366 e. The lowest BCUT2D eigenvalue weighted by Crippen LogP contribution is -2.10. The van der Waals surface area contributed by atoms with E-state index in [0.717, 1.165) is 44.5 Å². The number of ketones is 1. The highest BCUT2D eigenvalue weighted by Gasteiger charge is 2.15. The van der Waals surface area contributed by atoms with Crippen LogP contribution >= 0.6 is 0 Å². The third kappa shape index (κ3) is 3.41. The second-order valence-corrected chi connectivity index (χ2v) is 7.62. The molecule has 4 aromatic heterocycles. The van der Waals surface area contributed by atoms with Crippen molar-refractivity contribution >= 4 is 33.6 Å². The van der Waals surface area contributed by atoms with E-state index in [0.29, 0.717) is 24.1 Å². The molecule has 5 aromatic rings. The average molecular weight is 424 g/mol. The fourth-order valence-electron chi connectivity index (χ4n) is 3.79. The number of aromatic amines is 2. The van der Waals surface area contributed by atoms with Gasteiger partial charge in [-0.05, 0) is 30.3 Å². The lowest BCUT2D eigenvalue weighted by Gasteiger charge is -2.04. The number of H-pyrrole nitrogens is 2. The van der Waals surface area contributed by atoms with Crippen LogP contribution in [0.4, 0.5) is 0 Å². The number of nitrogens with zero attached hydrogens (tertiary/aromatic N) is 3. The Labute approximate surface area is 182 Å². The van der Waals surface area contributed by atoms with Gasteiger partial charge in [-0.15, -0.1) is 0 Å². The molecule has 0 aliphatic heterocycles. The maximum atomic E-state index is 11.8. The van der Waals surface area contributed by atoms with Gasteiger partial charge in [0.2, 0.25) is 5.91 Å². The number of nitrogens with one attached hydrogen (secondary N) is 2. The zero-order valence-electron chi connectivity index (χ0n) is 17.3. The lowest BCUT2D eigenvalue weighted by molar-refractivity contribution is -0.118. The van der Waals surface area contributed by atoms with Crippen LogP contribution in [-0.4, -0.2) is 36.8 Å². The highest BCUT2D eigenvalue weighted by Crippen LogP contribution is 2.31. The molecule has 0 aliphatic rings. The normalized spacial score (nSPS) is 11.3. The van der Waals surface area contributed by atoms with Gasteiger partial charge in [0.25, 0.3) is 0 Å². The van der Waals surface area contributed by atoms with Gasteiger partial charge in [0.15, 0.2) is 5.65 Å². The maximum Gasteiger partial charge on any atom is 0.249 e. The number of primary amides is 1. The number of hydrogen-bond donors (Lipinski definition) is 3. The van der Waals surface area contributed by atoms with E-state index >= 15 is 0 Å². The fraction of sp³-hybridized carbons (Fsp3) is 0.125. The van der Waals surface area contributed by atoms with Crippen molar-refractivity contribution in [1.29, 1.82) is 0 Å². The molecule has 0 spiro atoms. The second-order valence-electron chi connectivity index (χ2n) is 7.62. The number of Topliss-reactive ketones (excluding diaryl/α,β-unsaturated/α-hetero) is 1. The number of amides is 1. The summed E-state index contributed by atoms with van der Waals surface area (Å²) in [5, 5.41) is 8.94. The first-order chi connectivity index (χ1) is 15.5. The zero-order chi connectivity index (χ0) is 22.2. The van der Waals surface area contributed by atoms with Crippen molar-refractivity contribution in [3.8, 4) is 22.5 Å². The second kappa shape index (κ2) is 7.73. The predicted octanol–water partition coefficient (Wildman–Crippen LogP) is 3.79. The molecule has 1 aromatic carbocycles. The van der Waals surface area contributed by atoms with Crippen LogP contribution in [0.25, 0.3) is 44.5 Å². The van der Waals surface area contributed by atoms with Gasteiger partial charge < -0.3 is 10.7 Å². The topological polar surface area (TPSA) is 130 Å². The van der Waals surface area contributed by atoms with E-state index in [4.69, 9.17) is 5.73 Å². The number of fused-ring (bicyclic) bond motifs is 2. The Morgan fingerprint density at radius 1 is 1.00 bits per heavy atom. The molecular weight excluding hydrogens is 404 g/mol. The van der Waals surface area contributed by atoms with Crippen LogP contribution in [0.2, 0.25) is 0 Å². The minimum atomic E-state index is -0.476. The van der Waals surface area contributed by atoms with Crippen LogP contribution in [0.5, 0.6) is 0 Å². The lowest BCUT2D eigenvalue weighted by atomic mass is 10.1. The Morgan fingerprint density at radius 2 is 1.84 bits per heavy atom. The summed E-state index contributed by atoms with van der Waals surface area (Å²) in [5.41, 5.74) is 11.4. The zero-order valence-corrected chi connectivity index (χ0v) is 17.3. The van der Waals surface area contributed by atoms with Gasteiger partial charge in [-0.25, -0.2) is 4.98 Å². The van der Waals surface area contributed by atoms with E-state index in [1.807, 2.05) is 37.3 Å². The molecule has 32 heavy (non-hydrogen) atoms. The van der Waals surface area contributed by atoms with Gasteiger partial charge in [-0.3, -0.25) is 19.7 Å². The third-order valence-corrected chi connectivity index (χ3v) is 5.54. The van der Waals surface area contributed by atoms with Crippen LogP contribution in [0.15, 0.2) is 54.9 Å². The van der Waals surface area contributed by atoms with Gasteiger partial charge in [0.05, 0.1) is 11.4 Å². The number of carbonyl (C=O) groups is 2. The molecule has 8 nitrogen and oxygen atoms in total. The van der Waals surface area contributed by atoms with Crippen LogP contribution in [-0.2, 0) is 11.2 Å². The van der Waals surface area contributed by atoms with Crippen molar-refractivity contribution in [3.05, 3.63) is 66.1 Å². The molecule has 0 saturated heterocycles. The maximum absolute atomic E-state index is 11.8. The summed E-state index contributed by atoms with van der Waals surface area (Å²) in [4.78, 5) is 35.7. The molecule has 158 valence electrons. The Kier molecular flexibility index (Phi) is 4.74. The van der Waals surface area contributed by atoms with Gasteiger partial charge >= 0.3 is 0 Å². The molecule has 0 saturated carbocycles. The minimum Gasteiger partial charge on any atom is -0.366 e. The van der Waals surface area contributed by atoms with E-state index in [1.165, 1.54) is 0 Å². The summed E-state index contributed by atoms with van der Waals surface area (Å²) in [6.07, 6.45) is 4.34. The number of nitrogens with two attached hydrogens (primary N) is 1. The molecular formula is C24H20N6O2. The SMILES string of the molecule is CCC(=O)Cc1ccc(-c2cnc3n[nH]c(-c4cc5c(C(N)=O)cccc5[nH]4)c3c2)cn1. The predicted molar refractivity (Wildman–Crippen MR) is 122 cm³/mol. The molecule has 4 N–H and O–H groups in total. The molecule has 0 atom stereocenters. The number of carbonyl (C=O) groups excluding carboxylic acids is 2. The van der Waals surface area contributed by atoms with Crippen molar-refractivity contribution in [2.24, 2.45) is 5.73 Å². The van der Waals surface area contributed by atoms with E-state index in [9.17, 15) is 9.59 Å². The summed E-state index contributed by atoms with van der Waals surface area (Å²) in [5.74, 6) is -0.314. The first-order valence-electron chi connectivity index (χ1n) is 10.3. The number of aromatic nitrogens is 5. The average Bonchev–Trinajstić information content (AvgIpc) is 3.42. The number of rotatable bonds is 6. The number of hydrogen-bond acceptors (Lipinski definition) is 5. The standard InChI is InChI=1S/C24H20N6O2/c1-2-16(31)9-15-7-6-13(11-26-15)14-8-19-22(29-30-24(19)27-12-14)21-10-18-17(23(25)32)4-3-5-20(18)28-21/h3-8,10-12,28H,2,9H2,1H3,(H2,25,32)(H,27,29,30). The molecule has 5 rings (SSSR count). The minimum absolute atomic E-state index is 0.161. The van der Waals surface area contributed by atoms with Crippen molar-refractivity contribution in [3.63, 3.8) is 0 Å². The van der Waals surface area contributed by atoms with Gasteiger partial charge in [0, 0.05) is 63.9 Å². The van der Waals surface area contributed by atoms with Crippen molar-refractivity contribution in [1.82, 2.24) is 25.1 Å². The fourth-order valence-corrected chi connectivity index (χ4v) is 3.79. The first-order valence-corrected chi connectivity index (χ1v) is 10.3. The van der Waals surface area contributed by atoms with E-state index in [2.05, 4.69) is 25.1 Å². The van der Waals surface area contributed by atoms with E-state index < -0.39 is 5.91 Å². The van der Waals surface area contributed by atoms with E-state index in [1.54, 1.807) is 24.5 Å². The molecule has 8 heteroatoms. The summed E-state index contributed by atoms with van der Waals surface area (Å²) >= 11 is 0. The molecule has 0 radical (unpaired) electrons. The van der Waals surface area contributed by atoms with Crippen LogP contribution in [0, 0.1) is 0 Å². The highest BCUT2D eigenvalue weighted by molar-refractivity contribution is 6.07. The Balaban J connectivity index is 1.55. The Morgan fingerprint density at radius 3 is 2.59 bits per heavy atom. The smallest absolute Gasteiger partial charge is 0.249 e. The number of benzene rings is 1. The van der Waals surface area contributed by atoms with Gasteiger partial charge in [-0.2, -0.15) is 5.10 Å². The first kappa shape index (κ1) is 19.6. The molecule has 4 heterocycles. The summed E-state index contributed by atoms with van der Waals surface area (Å²) < 4.78 is 0. The molecule has 0 fully saturated rings. The highest BCUT2D eigenvalue weighted by atomic mass is 16.1. The van der Waals surface area contributed by atoms with Gasteiger partial charge in [-0.1, -0.05) is 19.1 Å². The van der Waals surface area contributed by atoms with Crippen LogP contribution in [0.3, 0.4) is 0 Å². The van der Waals surface area contributed by atoms with E-state index in [-0.39, 0.29) is 5.78 Å². The third-order valence-electron chi connectivity index (χ3n) is 5.54. The summed E-state index contributed by atoms with van der Waals surface area (Å²) in [6, 6.07) is 13.1. The summed E-state index contributed by atoms with van der Waals surface area (Å²) in [7, 11) is 0. The van der Waals surface area contributed by atoms with Crippen LogP contribution < -0.4 is 5.73 Å². The Hall–Kier alpha value is -4.33. The van der Waals surface area contributed by atoms with Crippen LogP contribution in [0.1, 0.15) is 29.4 Å². The van der Waals surface area contributed by atoms with Crippen molar-refractivity contribution in [2.75, 3.05) is 0 Å². The molecule has 1 amide bonds. The van der Waals surface area contributed by atoms with Crippen molar-refractivity contribution in [2.45, 2.75) is 19.8 Å². The molecule has 0 aliphatic carbocycles. The molecule has 0 unspecified atom stereocenters. The molecule has 0 bridgehead atoms. The van der Waals surface area contributed by atoms with Gasteiger partial charge in [0.1, 0.15) is 5.78 Å².